The number of nitrogens with zero attached hydrogens (tertiary/aromatic N) is 2. The van der Waals surface area contributed by atoms with E-state index in [1.54, 1.807) is 22.7 Å². The molecular weight excluding hydrogens is 593 g/mol. The average molecular weight is 615 g/mol. The van der Waals surface area contributed by atoms with Gasteiger partial charge in [0.25, 0.3) is 0 Å². The molecule has 0 spiro atoms. The van der Waals surface area contributed by atoms with E-state index < -0.39 is 0 Å². The lowest BCUT2D eigenvalue weighted by Crippen LogP contribution is -2.04. The highest BCUT2D eigenvalue weighted by molar-refractivity contribution is 7.29. The first-order valence-corrected chi connectivity index (χ1v) is 16.8. The summed E-state index contributed by atoms with van der Waals surface area (Å²) in [4.78, 5) is 5.01. The van der Waals surface area contributed by atoms with Crippen molar-refractivity contribution in [1.82, 2.24) is 0 Å². The summed E-state index contributed by atoms with van der Waals surface area (Å²) in [6.45, 7) is 4.28. The topological polar surface area (TPSA) is 76.8 Å². The summed E-state index contributed by atoms with van der Waals surface area (Å²) in [5.41, 5.74) is 2.55. The van der Waals surface area contributed by atoms with Gasteiger partial charge in [-0.3, -0.25) is 0 Å². The van der Waals surface area contributed by atoms with Gasteiger partial charge in [-0.2, -0.15) is 10.2 Å². The van der Waals surface area contributed by atoms with Crippen LogP contribution in [0.5, 0.6) is 0 Å². The van der Waals surface area contributed by atoms with Gasteiger partial charge in [0.05, 0.1) is 10.7 Å². The molecule has 4 aromatic heterocycles. The van der Waals surface area contributed by atoms with Crippen molar-refractivity contribution >= 4 is 107 Å². The van der Waals surface area contributed by atoms with E-state index in [9.17, 15) is 0 Å². The zero-order valence-electron chi connectivity index (χ0n) is 22.6. The molecule has 42 heavy (non-hydrogen) atoms. The van der Waals surface area contributed by atoms with Crippen LogP contribution in [0.2, 0.25) is 0 Å². The summed E-state index contributed by atoms with van der Waals surface area (Å²) < 4.78 is 5.01. The van der Waals surface area contributed by atoms with E-state index >= 15 is 0 Å². The van der Waals surface area contributed by atoms with E-state index in [0.29, 0.717) is 0 Å². The lowest BCUT2D eigenvalue weighted by molar-refractivity contribution is 1.17. The fourth-order valence-corrected chi connectivity index (χ4v) is 10.9. The van der Waals surface area contributed by atoms with E-state index in [1.807, 2.05) is 22.7 Å². The molecule has 8 heteroatoms. The summed E-state index contributed by atoms with van der Waals surface area (Å²) in [5, 5.41) is 19.5. The molecule has 9 rings (SSSR count). The Labute approximate surface area is 255 Å². The second-order valence-corrected chi connectivity index (χ2v) is 15.2. The molecule has 9 aromatic rings. The van der Waals surface area contributed by atoms with E-state index in [0.717, 1.165) is 43.0 Å². The first-order chi connectivity index (χ1) is 20.5. The maximum atomic E-state index is 6.07. The maximum Gasteiger partial charge on any atom is 0.0993 e. The Morgan fingerprint density at radius 2 is 0.881 bits per heavy atom. The molecule has 0 saturated carbocycles. The molecule has 4 heterocycles. The number of rotatable bonds is 2. The third-order valence-electron chi connectivity index (χ3n) is 8.22. The fraction of sp³-hybridized carbons (Fsp3) is 0.0588. The number of aryl methyl sites for hydroxylation is 2. The SMILES string of the molecule is Cc1ccc2sc(-c3cc4/c(=N\N)c5cc6c(cc5c4s3)/c(=N/N)c3cc(-c4cc5cc(C)ccc5s4)sc36)cc2c1. The van der Waals surface area contributed by atoms with E-state index in [-0.39, 0.29) is 0 Å². The molecule has 0 aliphatic heterocycles. The largest absolute Gasteiger partial charge is 0.323 e. The molecule has 0 bridgehead atoms. The van der Waals surface area contributed by atoms with E-state index in [4.69, 9.17) is 11.7 Å². The van der Waals surface area contributed by atoms with Gasteiger partial charge in [0.1, 0.15) is 0 Å². The molecule has 202 valence electrons. The molecule has 0 saturated heterocycles. The van der Waals surface area contributed by atoms with Gasteiger partial charge >= 0.3 is 0 Å². The first kappa shape index (κ1) is 24.5. The van der Waals surface area contributed by atoms with Crippen molar-refractivity contribution in [2.24, 2.45) is 21.9 Å². The van der Waals surface area contributed by atoms with Gasteiger partial charge in [0, 0.05) is 70.6 Å². The Morgan fingerprint density at radius 3 is 1.31 bits per heavy atom. The second kappa shape index (κ2) is 8.72. The quantitative estimate of drug-likeness (QED) is 0.150. The standard InChI is InChI=1S/C34H22N4S4/c1-15-3-5-25-17(7-15)9-27(39-25)29-13-23-31(37-35)19-12-22-20(11-21(19)33(23)41-29)32(38-36)24-14-30(42-34(22)24)28-10-18-8-16(2)4-6-26(18)40-28/h3-14H,35-36H2,1-2H3/b37-31-,38-32-. The predicted molar refractivity (Wildman–Crippen MR) is 185 cm³/mol. The summed E-state index contributed by atoms with van der Waals surface area (Å²) in [6, 6.07) is 26.9. The Hall–Kier alpha value is -4.08. The molecule has 0 aliphatic carbocycles. The Bertz CT molecular complexity index is 2500. The van der Waals surface area contributed by atoms with Crippen LogP contribution in [0.15, 0.2) is 83.0 Å². The number of hydrogen-bond donors (Lipinski definition) is 2. The minimum Gasteiger partial charge on any atom is -0.323 e. The van der Waals surface area contributed by atoms with Gasteiger partial charge in [-0.1, -0.05) is 35.4 Å². The molecule has 0 aliphatic rings. The van der Waals surface area contributed by atoms with E-state index in [2.05, 4.69) is 96.8 Å². The van der Waals surface area contributed by atoms with E-state index in [1.165, 1.54) is 60.2 Å². The molecule has 0 unspecified atom stereocenters. The number of nitrogens with two attached hydrogens (primary N) is 2. The van der Waals surface area contributed by atoms with Crippen molar-refractivity contribution in [3.05, 3.63) is 94.6 Å². The van der Waals surface area contributed by atoms with Gasteiger partial charge in [-0.25, -0.2) is 0 Å². The molecule has 4 N–H and O–H groups in total. The average Bonchev–Trinajstić information content (AvgIpc) is 3.80. The second-order valence-electron chi connectivity index (χ2n) is 10.9. The van der Waals surface area contributed by atoms with Crippen molar-refractivity contribution in [1.29, 1.82) is 0 Å². The highest BCUT2D eigenvalue weighted by atomic mass is 32.1. The predicted octanol–water partition coefficient (Wildman–Crippen LogP) is 9.23. The van der Waals surface area contributed by atoms with Crippen LogP contribution in [0.3, 0.4) is 0 Å². The highest BCUT2D eigenvalue weighted by Gasteiger charge is 2.20. The number of fused-ring (bicyclic) bond motifs is 8. The van der Waals surface area contributed by atoms with Crippen LogP contribution in [0, 0.1) is 13.8 Å². The molecule has 0 radical (unpaired) electrons. The summed E-state index contributed by atoms with van der Waals surface area (Å²) in [7, 11) is 0. The molecule has 4 nitrogen and oxygen atoms in total. The Balaban J connectivity index is 1.26. The lowest BCUT2D eigenvalue weighted by Gasteiger charge is -1.96. The number of hydrogen-bond acceptors (Lipinski definition) is 8. The highest BCUT2D eigenvalue weighted by Crippen LogP contribution is 2.45. The van der Waals surface area contributed by atoms with Crippen LogP contribution in [-0.2, 0) is 0 Å². The van der Waals surface area contributed by atoms with Crippen molar-refractivity contribution in [2.45, 2.75) is 13.8 Å². The minimum atomic E-state index is 0.846. The van der Waals surface area contributed by atoms with Gasteiger partial charge in [-0.15, -0.1) is 45.3 Å². The van der Waals surface area contributed by atoms with Gasteiger partial charge < -0.3 is 11.7 Å². The first-order valence-electron chi connectivity index (χ1n) is 13.5. The van der Waals surface area contributed by atoms with Crippen molar-refractivity contribution in [3.8, 4) is 19.5 Å². The van der Waals surface area contributed by atoms with Crippen LogP contribution in [0.25, 0.3) is 81.4 Å². The Morgan fingerprint density at radius 1 is 0.452 bits per heavy atom. The van der Waals surface area contributed by atoms with Crippen molar-refractivity contribution < 1.29 is 0 Å². The van der Waals surface area contributed by atoms with Crippen LogP contribution in [-0.4, -0.2) is 0 Å². The normalized spacial score (nSPS) is 13.5. The zero-order chi connectivity index (χ0) is 28.3. The van der Waals surface area contributed by atoms with Crippen LogP contribution >= 0.6 is 45.3 Å². The van der Waals surface area contributed by atoms with Crippen LogP contribution in [0.4, 0.5) is 0 Å². The lowest BCUT2D eigenvalue weighted by atomic mass is 10.1. The van der Waals surface area contributed by atoms with Gasteiger partial charge in [-0.05, 0) is 73.2 Å². The zero-order valence-corrected chi connectivity index (χ0v) is 25.9. The van der Waals surface area contributed by atoms with Crippen LogP contribution in [0.1, 0.15) is 11.1 Å². The van der Waals surface area contributed by atoms with Gasteiger partial charge in [0.15, 0.2) is 0 Å². The van der Waals surface area contributed by atoms with Crippen molar-refractivity contribution in [3.63, 3.8) is 0 Å². The summed E-state index contributed by atoms with van der Waals surface area (Å²) >= 11 is 7.27. The fourth-order valence-electron chi connectivity index (χ4n) is 6.28. The summed E-state index contributed by atoms with van der Waals surface area (Å²) in [5.74, 6) is 12.1. The smallest absolute Gasteiger partial charge is 0.0993 e. The molecular formula is C34H22N4S4. The third kappa shape index (κ3) is 3.38. The molecule has 0 atom stereocenters. The third-order valence-corrected chi connectivity index (χ3v) is 13.2. The monoisotopic (exact) mass is 614 g/mol. The molecule has 5 aromatic carbocycles. The number of thiophene rings is 4. The maximum absolute atomic E-state index is 6.07. The molecule has 0 amide bonds. The summed E-state index contributed by atoms with van der Waals surface area (Å²) in [6.07, 6.45) is 0. The molecule has 0 fully saturated rings. The van der Waals surface area contributed by atoms with Crippen LogP contribution < -0.4 is 22.4 Å². The van der Waals surface area contributed by atoms with Gasteiger partial charge in [0.2, 0.25) is 0 Å². The van der Waals surface area contributed by atoms with Crippen molar-refractivity contribution in [2.75, 3.05) is 0 Å². The number of benzene rings is 3. The Kier molecular flexibility index (Phi) is 5.09. The minimum absolute atomic E-state index is 0.846.